The average Bonchev–Trinajstić information content (AvgIpc) is 2.37. The van der Waals surface area contributed by atoms with E-state index >= 15 is 0 Å². The first-order chi connectivity index (χ1) is 8.74. The lowest BCUT2D eigenvalue weighted by atomic mass is 9.84. The zero-order valence-corrected chi connectivity index (χ0v) is 11.9. The van der Waals surface area contributed by atoms with Crippen LogP contribution in [0.3, 0.4) is 0 Å². The molecule has 1 aromatic heterocycles. The van der Waals surface area contributed by atoms with Crippen LogP contribution >= 0.6 is 11.8 Å². The molecule has 2 rings (SSSR count). The number of nitrogens with one attached hydrogen (secondary N) is 2. The lowest BCUT2D eigenvalue weighted by Crippen LogP contribution is -2.40. The van der Waals surface area contributed by atoms with Crippen LogP contribution in [0.2, 0.25) is 0 Å². The number of thioether (sulfide) groups is 1. The molecule has 1 heterocycles. The summed E-state index contributed by atoms with van der Waals surface area (Å²) < 4.78 is 5.73. The number of hydrogen-bond donors (Lipinski definition) is 2. The van der Waals surface area contributed by atoms with E-state index in [1.54, 1.807) is 13.4 Å². The zero-order chi connectivity index (χ0) is 13.0. The second-order valence-electron chi connectivity index (χ2n) is 4.45. The van der Waals surface area contributed by atoms with Gasteiger partial charge in [-0.15, -0.1) is 0 Å². The van der Waals surface area contributed by atoms with Gasteiger partial charge in [0.1, 0.15) is 6.33 Å². The SMILES string of the molecule is CNc1ncnc(NCC2(SC)CCC2)c1OC. The first-order valence-corrected chi connectivity index (χ1v) is 7.33. The second-order valence-corrected chi connectivity index (χ2v) is 5.72. The summed E-state index contributed by atoms with van der Waals surface area (Å²) in [6, 6.07) is 0. The van der Waals surface area contributed by atoms with Gasteiger partial charge in [0.05, 0.1) is 7.11 Å². The third kappa shape index (κ3) is 2.48. The molecule has 0 spiro atoms. The van der Waals surface area contributed by atoms with Crippen LogP contribution < -0.4 is 15.4 Å². The molecule has 0 aromatic carbocycles. The highest BCUT2D eigenvalue weighted by Crippen LogP contribution is 2.43. The summed E-state index contributed by atoms with van der Waals surface area (Å²) in [5, 5.41) is 6.40. The Kier molecular flexibility index (Phi) is 4.16. The van der Waals surface area contributed by atoms with Gasteiger partial charge in [0.25, 0.3) is 0 Å². The number of anilines is 2. The summed E-state index contributed by atoms with van der Waals surface area (Å²) >= 11 is 1.94. The van der Waals surface area contributed by atoms with E-state index in [1.165, 1.54) is 19.3 Å². The van der Waals surface area contributed by atoms with Crippen LogP contribution in [-0.4, -0.2) is 41.7 Å². The first-order valence-electron chi connectivity index (χ1n) is 6.10. The molecule has 0 unspecified atom stereocenters. The molecular weight excluding hydrogens is 248 g/mol. The van der Waals surface area contributed by atoms with E-state index in [0.717, 1.165) is 12.4 Å². The van der Waals surface area contributed by atoms with E-state index in [2.05, 4.69) is 26.9 Å². The third-order valence-corrected chi connectivity index (χ3v) is 4.94. The van der Waals surface area contributed by atoms with Crippen LogP contribution in [0.4, 0.5) is 11.6 Å². The number of hydrogen-bond acceptors (Lipinski definition) is 6. The van der Waals surface area contributed by atoms with Gasteiger partial charge in [-0.1, -0.05) is 6.42 Å². The van der Waals surface area contributed by atoms with Gasteiger partial charge in [0.15, 0.2) is 11.6 Å². The fourth-order valence-corrected chi connectivity index (χ4v) is 3.05. The van der Waals surface area contributed by atoms with Gasteiger partial charge in [-0.25, -0.2) is 9.97 Å². The average molecular weight is 268 g/mol. The van der Waals surface area contributed by atoms with Crippen LogP contribution in [0.5, 0.6) is 5.75 Å². The lowest BCUT2D eigenvalue weighted by molar-refractivity contribution is 0.377. The van der Waals surface area contributed by atoms with Crippen molar-refractivity contribution in [1.82, 2.24) is 9.97 Å². The van der Waals surface area contributed by atoms with Crippen molar-refractivity contribution in [2.75, 3.05) is 37.6 Å². The van der Waals surface area contributed by atoms with E-state index in [0.29, 0.717) is 16.3 Å². The molecule has 0 radical (unpaired) electrons. The maximum Gasteiger partial charge on any atom is 0.204 e. The molecule has 18 heavy (non-hydrogen) atoms. The molecule has 1 aromatic rings. The minimum atomic E-state index is 0.371. The zero-order valence-electron chi connectivity index (χ0n) is 11.1. The van der Waals surface area contributed by atoms with Crippen LogP contribution in [0.1, 0.15) is 19.3 Å². The maximum atomic E-state index is 5.36. The van der Waals surface area contributed by atoms with Crippen molar-refractivity contribution in [2.45, 2.75) is 24.0 Å². The van der Waals surface area contributed by atoms with E-state index in [-0.39, 0.29) is 0 Å². The van der Waals surface area contributed by atoms with Crippen molar-refractivity contribution in [3.8, 4) is 5.75 Å². The van der Waals surface area contributed by atoms with Gasteiger partial charge >= 0.3 is 0 Å². The molecule has 6 heteroatoms. The highest BCUT2D eigenvalue weighted by atomic mass is 32.2. The fourth-order valence-electron chi connectivity index (χ4n) is 2.14. The van der Waals surface area contributed by atoms with E-state index in [1.807, 2.05) is 18.8 Å². The molecule has 5 nitrogen and oxygen atoms in total. The number of aromatic nitrogens is 2. The molecule has 1 fully saturated rings. The summed E-state index contributed by atoms with van der Waals surface area (Å²) in [5.41, 5.74) is 0. The van der Waals surface area contributed by atoms with Gasteiger partial charge in [-0.2, -0.15) is 11.8 Å². The highest BCUT2D eigenvalue weighted by Gasteiger charge is 2.36. The Balaban J connectivity index is 2.09. The quantitative estimate of drug-likeness (QED) is 0.825. The van der Waals surface area contributed by atoms with Gasteiger partial charge in [0.2, 0.25) is 5.75 Å². The Labute approximate surface area is 112 Å². The van der Waals surface area contributed by atoms with Crippen molar-refractivity contribution in [3.05, 3.63) is 6.33 Å². The summed E-state index contributed by atoms with van der Waals surface area (Å²) in [5.74, 6) is 2.15. The monoisotopic (exact) mass is 268 g/mol. The van der Waals surface area contributed by atoms with Crippen LogP contribution in [0.15, 0.2) is 6.33 Å². The largest absolute Gasteiger partial charge is 0.490 e. The lowest BCUT2D eigenvalue weighted by Gasteiger charge is -2.40. The molecule has 0 atom stereocenters. The van der Waals surface area contributed by atoms with Gasteiger partial charge in [-0.3, -0.25) is 0 Å². The topological polar surface area (TPSA) is 59.1 Å². The van der Waals surface area contributed by atoms with Gasteiger partial charge in [0, 0.05) is 18.3 Å². The van der Waals surface area contributed by atoms with Crippen molar-refractivity contribution in [1.29, 1.82) is 0 Å². The summed E-state index contributed by atoms with van der Waals surface area (Å²) in [6.07, 6.45) is 7.59. The molecule has 1 saturated carbocycles. The summed E-state index contributed by atoms with van der Waals surface area (Å²) in [4.78, 5) is 8.39. The van der Waals surface area contributed by atoms with Crippen molar-refractivity contribution in [3.63, 3.8) is 0 Å². The molecule has 0 aliphatic heterocycles. The van der Waals surface area contributed by atoms with Crippen LogP contribution in [-0.2, 0) is 0 Å². The Morgan fingerprint density at radius 2 is 2.11 bits per heavy atom. The standard InChI is InChI=1S/C12H20N4OS/c1-13-10-9(17-2)11(16-8-15-10)14-7-12(18-3)5-4-6-12/h8H,4-7H2,1-3H3,(H2,13,14,15,16). The molecular formula is C12H20N4OS. The summed E-state index contributed by atoms with van der Waals surface area (Å²) in [6.45, 7) is 0.921. The summed E-state index contributed by atoms with van der Waals surface area (Å²) in [7, 11) is 3.46. The predicted octanol–water partition coefficient (Wildman–Crippen LogP) is 2.22. The Hall–Kier alpha value is -1.17. The minimum Gasteiger partial charge on any atom is -0.490 e. The van der Waals surface area contributed by atoms with Crippen molar-refractivity contribution >= 4 is 23.4 Å². The third-order valence-electron chi connectivity index (χ3n) is 3.52. The Morgan fingerprint density at radius 1 is 1.39 bits per heavy atom. The van der Waals surface area contributed by atoms with Crippen molar-refractivity contribution < 1.29 is 4.74 Å². The predicted molar refractivity (Wildman–Crippen MR) is 76.7 cm³/mol. The Bertz CT molecular complexity index is 404. The molecule has 0 amide bonds. The van der Waals surface area contributed by atoms with Gasteiger partial charge < -0.3 is 15.4 Å². The highest BCUT2D eigenvalue weighted by molar-refractivity contribution is 8.00. The fraction of sp³-hybridized carbons (Fsp3) is 0.667. The molecule has 0 saturated heterocycles. The van der Waals surface area contributed by atoms with Gasteiger partial charge in [-0.05, 0) is 19.1 Å². The number of nitrogens with zero attached hydrogens (tertiary/aromatic N) is 2. The van der Waals surface area contributed by atoms with Crippen LogP contribution in [0.25, 0.3) is 0 Å². The maximum absolute atomic E-state index is 5.36. The minimum absolute atomic E-state index is 0.371. The van der Waals surface area contributed by atoms with Crippen LogP contribution in [0, 0.1) is 0 Å². The molecule has 0 bridgehead atoms. The normalized spacial score (nSPS) is 16.8. The van der Waals surface area contributed by atoms with E-state index in [9.17, 15) is 0 Å². The molecule has 2 N–H and O–H groups in total. The first kappa shape index (κ1) is 13.3. The molecule has 1 aliphatic rings. The molecule has 100 valence electrons. The van der Waals surface area contributed by atoms with Crippen molar-refractivity contribution in [2.24, 2.45) is 0 Å². The number of ether oxygens (including phenoxy) is 1. The van der Waals surface area contributed by atoms with E-state index in [4.69, 9.17) is 4.74 Å². The number of rotatable bonds is 6. The molecule has 1 aliphatic carbocycles. The number of methoxy groups -OCH3 is 1. The smallest absolute Gasteiger partial charge is 0.204 e. The Morgan fingerprint density at radius 3 is 2.61 bits per heavy atom. The van der Waals surface area contributed by atoms with E-state index < -0.39 is 0 Å². The second kappa shape index (κ2) is 5.65.